The molecule has 68 valence electrons. The van der Waals surface area contributed by atoms with Gasteiger partial charge in [-0.05, 0) is 12.1 Å². The first kappa shape index (κ1) is 8.26. The number of carbonyl (C=O) groups is 1. The van der Waals surface area contributed by atoms with Crippen molar-refractivity contribution in [3.63, 3.8) is 0 Å². The Kier molecular flexibility index (Phi) is 2.27. The van der Waals surface area contributed by atoms with E-state index in [-0.39, 0.29) is 6.10 Å². The molecule has 0 bridgehead atoms. The van der Waals surface area contributed by atoms with Crippen molar-refractivity contribution in [2.45, 2.75) is 6.10 Å². The quantitative estimate of drug-likeness (QED) is 0.654. The number of benzene rings is 1. The molecule has 0 unspecified atom stereocenters. The molecule has 0 amide bonds. The van der Waals surface area contributed by atoms with Crippen LogP contribution in [0.5, 0.6) is 5.75 Å². The van der Waals surface area contributed by atoms with Gasteiger partial charge in [-0.2, -0.15) is 0 Å². The van der Waals surface area contributed by atoms with Crippen molar-refractivity contribution in [2.75, 3.05) is 13.2 Å². The van der Waals surface area contributed by atoms with E-state index in [4.69, 9.17) is 9.47 Å². The van der Waals surface area contributed by atoms with Gasteiger partial charge in [0.05, 0.1) is 18.8 Å². The normalized spacial score (nSPS) is 16.3. The molecule has 1 saturated heterocycles. The molecule has 1 aliphatic heterocycles. The first-order chi connectivity index (χ1) is 6.40. The summed E-state index contributed by atoms with van der Waals surface area (Å²) in [5.74, 6) is 0.644. The molecular weight excluding hydrogens is 168 g/mol. The van der Waals surface area contributed by atoms with Crippen molar-refractivity contribution in [3.05, 3.63) is 29.8 Å². The first-order valence-electron chi connectivity index (χ1n) is 4.19. The van der Waals surface area contributed by atoms with Gasteiger partial charge in [-0.1, -0.05) is 12.1 Å². The molecule has 1 heterocycles. The lowest BCUT2D eigenvalue weighted by molar-refractivity contribution is -0.0798. The van der Waals surface area contributed by atoms with Crippen LogP contribution in [-0.4, -0.2) is 25.6 Å². The summed E-state index contributed by atoms with van der Waals surface area (Å²) in [4.78, 5) is 10.6. The molecular formula is C10H10O3. The van der Waals surface area contributed by atoms with Crippen molar-refractivity contribution in [3.8, 4) is 5.75 Å². The van der Waals surface area contributed by atoms with Crippen molar-refractivity contribution in [1.82, 2.24) is 0 Å². The average Bonchev–Trinajstić information content (AvgIpc) is 2.12. The molecule has 0 saturated carbocycles. The third-order valence-corrected chi connectivity index (χ3v) is 1.95. The van der Waals surface area contributed by atoms with E-state index in [0.717, 1.165) is 6.29 Å². The highest BCUT2D eigenvalue weighted by Gasteiger charge is 2.20. The van der Waals surface area contributed by atoms with E-state index in [1.807, 2.05) is 12.1 Å². The van der Waals surface area contributed by atoms with Gasteiger partial charge >= 0.3 is 0 Å². The van der Waals surface area contributed by atoms with Gasteiger partial charge in [-0.25, -0.2) is 0 Å². The molecule has 1 aromatic carbocycles. The zero-order valence-electron chi connectivity index (χ0n) is 7.10. The predicted molar refractivity (Wildman–Crippen MR) is 47.1 cm³/mol. The van der Waals surface area contributed by atoms with Crippen LogP contribution in [0.25, 0.3) is 0 Å². The molecule has 1 aromatic rings. The fourth-order valence-electron chi connectivity index (χ4n) is 1.15. The number of hydrogen-bond acceptors (Lipinski definition) is 3. The van der Waals surface area contributed by atoms with Gasteiger partial charge in [0.2, 0.25) is 0 Å². The highest BCUT2D eigenvalue weighted by Crippen LogP contribution is 2.19. The van der Waals surface area contributed by atoms with E-state index in [1.54, 1.807) is 12.1 Å². The van der Waals surface area contributed by atoms with Crippen molar-refractivity contribution < 1.29 is 14.3 Å². The number of para-hydroxylation sites is 1. The molecule has 0 atom stereocenters. The van der Waals surface area contributed by atoms with Crippen LogP contribution in [0.15, 0.2) is 24.3 Å². The SMILES string of the molecule is O=Cc1ccccc1OC1COC1. The fraction of sp³-hybridized carbons (Fsp3) is 0.300. The van der Waals surface area contributed by atoms with E-state index in [9.17, 15) is 4.79 Å². The van der Waals surface area contributed by atoms with E-state index in [2.05, 4.69) is 0 Å². The largest absolute Gasteiger partial charge is 0.485 e. The molecule has 2 rings (SSSR count). The minimum Gasteiger partial charge on any atom is -0.485 e. The Morgan fingerprint density at radius 2 is 2.15 bits per heavy atom. The highest BCUT2D eigenvalue weighted by atomic mass is 16.6. The maximum absolute atomic E-state index is 10.6. The van der Waals surface area contributed by atoms with Crippen LogP contribution in [0.3, 0.4) is 0 Å². The average molecular weight is 178 g/mol. The van der Waals surface area contributed by atoms with Gasteiger partial charge in [0, 0.05) is 0 Å². The molecule has 0 aliphatic carbocycles. The Labute approximate surface area is 76.3 Å². The Hall–Kier alpha value is -1.35. The first-order valence-corrected chi connectivity index (χ1v) is 4.19. The lowest BCUT2D eigenvalue weighted by Gasteiger charge is -2.27. The van der Waals surface area contributed by atoms with Gasteiger partial charge in [0.1, 0.15) is 11.9 Å². The van der Waals surface area contributed by atoms with Crippen molar-refractivity contribution in [1.29, 1.82) is 0 Å². The Balaban J connectivity index is 2.12. The predicted octanol–water partition coefficient (Wildman–Crippen LogP) is 1.28. The molecule has 1 aliphatic rings. The van der Waals surface area contributed by atoms with Crippen molar-refractivity contribution in [2.24, 2.45) is 0 Å². The second-order valence-corrected chi connectivity index (χ2v) is 2.93. The zero-order chi connectivity index (χ0) is 9.10. The zero-order valence-corrected chi connectivity index (χ0v) is 7.10. The van der Waals surface area contributed by atoms with Crippen LogP contribution in [0.2, 0.25) is 0 Å². The molecule has 3 nitrogen and oxygen atoms in total. The fourth-order valence-corrected chi connectivity index (χ4v) is 1.15. The summed E-state index contributed by atoms with van der Waals surface area (Å²) in [7, 11) is 0. The van der Waals surface area contributed by atoms with Crippen LogP contribution < -0.4 is 4.74 Å². The Morgan fingerprint density at radius 1 is 1.38 bits per heavy atom. The summed E-state index contributed by atoms with van der Waals surface area (Å²) in [5.41, 5.74) is 0.592. The number of carbonyl (C=O) groups excluding carboxylic acids is 1. The monoisotopic (exact) mass is 178 g/mol. The van der Waals surface area contributed by atoms with Gasteiger partial charge in [0.15, 0.2) is 6.29 Å². The molecule has 0 N–H and O–H groups in total. The maximum Gasteiger partial charge on any atom is 0.153 e. The van der Waals surface area contributed by atoms with Crippen LogP contribution in [0, 0.1) is 0 Å². The number of ether oxygens (including phenoxy) is 2. The number of rotatable bonds is 3. The van der Waals surface area contributed by atoms with Gasteiger partial charge in [-0.15, -0.1) is 0 Å². The standard InChI is InChI=1S/C10H10O3/c11-5-8-3-1-2-4-10(8)13-9-6-12-7-9/h1-5,9H,6-7H2. The van der Waals surface area contributed by atoms with Crippen molar-refractivity contribution >= 4 is 6.29 Å². The lowest BCUT2D eigenvalue weighted by atomic mass is 10.2. The van der Waals surface area contributed by atoms with E-state index >= 15 is 0 Å². The summed E-state index contributed by atoms with van der Waals surface area (Å²) in [6.07, 6.45) is 0.913. The lowest BCUT2D eigenvalue weighted by Crippen LogP contribution is -2.38. The van der Waals surface area contributed by atoms with Crippen LogP contribution in [0.4, 0.5) is 0 Å². The molecule has 3 heteroatoms. The van der Waals surface area contributed by atoms with Gasteiger partial charge < -0.3 is 9.47 Å². The van der Waals surface area contributed by atoms with Crippen LogP contribution in [-0.2, 0) is 4.74 Å². The molecule has 13 heavy (non-hydrogen) atoms. The molecule has 1 fully saturated rings. The minimum absolute atomic E-state index is 0.112. The second-order valence-electron chi connectivity index (χ2n) is 2.93. The Morgan fingerprint density at radius 3 is 2.77 bits per heavy atom. The summed E-state index contributed by atoms with van der Waals surface area (Å²) in [6.45, 7) is 1.24. The minimum atomic E-state index is 0.112. The van der Waals surface area contributed by atoms with E-state index in [1.165, 1.54) is 0 Å². The van der Waals surface area contributed by atoms with E-state index in [0.29, 0.717) is 24.5 Å². The number of aldehydes is 1. The van der Waals surface area contributed by atoms with Gasteiger partial charge in [-0.3, -0.25) is 4.79 Å². The maximum atomic E-state index is 10.6. The number of hydrogen-bond donors (Lipinski definition) is 0. The summed E-state index contributed by atoms with van der Waals surface area (Å²) >= 11 is 0. The van der Waals surface area contributed by atoms with Crippen LogP contribution >= 0.6 is 0 Å². The highest BCUT2D eigenvalue weighted by molar-refractivity contribution is 5.79. The summed E-state index contributed by atoms with van der Waals surface area (Å²) < 4.78 is 10.5. The second kappa shape index (κ2) is 3.58. The summed E-state index contributed by atoms with van der Waals surface area (Å²) in [5, 5.41) is 0. The molecule has 0 radical (unpaired) electrons. The summed E-state index contributed by atoms with van der Waals surface area (Å²) in [6, 6.07) is 7.19. The molecule has 0 spiro atoms. The van der Waals surface area contributed by atoms with E-state index < -0.39 is 0 Å². The smallest absolute Gasteiger partial charge is 0.153 e. The topological polar surface area (TPSA) is 35.5 Å². The molecule has 0 aromatic heterocycles. The van der Waals surface area contributed by atoms with Gasteiger partial charge in [0.25, 0.3) is 0 Å². The van der Waals surface area contributed by atoms with Crippen LogP contribution in [0.1, 0.15) is 10.4 Å². The Bertz CT molecular complexity index is 305. The third-order valence-electron chi connectivity index (χ3n) is 1.95. The third kappa shape index (κ3) is 1.70.